The van der Waals surface area contributed by atoms with Crippen LogP contribution in [0.5, 0.6) is 0 Å². The lowest BCUT2D eigenvalue weighted by atomic mass is 10.2. The van der Waals surface area contributed by atoms with Crippen molar-refractivity contribution in [2.24, 2.45) is 0 Å². The Morgan fingerprint density at radius 2 is 1.82 bits per heavy atom. The molecule has 5 rings (SSSR count). The number of alkyl halides is 3. The van der Waals surface area contributed by atoms with E-state index in [1.54, 1.807) is 42.0 Å². The second kappa shape index (κ2) is 9.70. The maximum atomic E-state index is 13.7. The van der Waals surface area contributed by atoms with Gasteiger partial charge in [-0.25, -0.2) is 24.0 Å². The summed E-state index contributed by atoms with van der Waals surface area (Å²) in [5.74, 6) is 0.252. The Hall–Kier alpha value is -4.59. The molecule has 1 aliphatic carbocycles. The van der Waals surface area contributed by atoms with Crippen LogP contribution in [0.4, 0.5) is 23.7 Å². The fourth-order valence-electron chi connectivity index (χ4n) is 4.87. The van der Waals surface area contributed by atoms with Crippen LogP contribution in [0.2, 0.25) is 0 Å². The predicted octanol–water partition coefficient (Wildman–Crippen LogP) is 5.87. The van der Waals surface area contributed by atoms with Gasteiger partial charge in [-0.1, -0.05) is 31.0 Å². The monoisotopic (exact) mass is 520 g/mol. The number of halogens is 3. The molecule has 1 saturated carbocycles. The minimum atomic E-state index is -4.60. The molecule has 38 heavy (non-hydrogen) atoms. The molecule has 1 fully saturated rings. The van der Waals surface area contributed by atoms with Gasteiger partial charge in [0.15, 0.2) is 11.5 Å². The molecule has 11 heteroatoms. The summed E-state index contributed by atoms with van der Waals surface area (Å²) in [4.78, 5) is 35.0. The standard InChI is InChI=1S/C27H23F3N6O2/c1-17-23(24-32-14-15-34(24)21-12-10-19(31-2)11-13-21)36(25(37)33-20-7-3-4-8-20)26(38)35(17)22-9-5-6-18(16-22)27(28,29)30/h5-6,9-16,20H,3-4,7-8H2,1H3,(H,33,37). The maximum absolute atomic E-state index is 13.7. The summed E-state index contributed by atoms with van der Waals surface area (Å²) < 4.78 is 44.1. The van der Waals surface area contributed by atoms with Crippen molar-refractivity contribution in [3.8, 4) is 22.9 Å². The highest BCUT2D eigenvalue weighted by molar-refractivity contribution is 5.83. The molecule has 0 unspecified atom stereocenters. The number of benzene rings is 2. The highest BCUT2D eigenvalue weighted by atomic mass is 19.4. The van der Waals surface area contributed by atoms with E-state index in [2.05, 4.69) is 15.1 Å². The Balaban J connectivity index is 1.71. The first-order valence-electron chi connectivity index (χ1n) is 12.0. The number of hydrogen-bond donors (Lipinski definition) is 1. The Labute approximate surface area is 215 Å². The number of hydrogen-bond acceptors (Lipinski definition) is 3. The second-order valence-electron chi connectivity index (χ2n) is 9.12. The summed E-state index contributed by atoms with van der Waals surface area (Å²) in [5.41, 5.74) is -0.252. The molecule has 194 valence electrons. The van der Waals surface area contributed by atoms with Crippen molar-refractivity contribution < 1.29 is 18.0 Å². The van der Waals surface area contributed by atoms with Gasteiger partial charge >= 0.3 is 17.9 Å². The first kappa shape index (κ1) is 25.1. The fourth-order valence-corrected chi connectivity index (χ4v) is 4.87. The summed E-state index contributed by atoms with van der Waals surface area (Å²) in [6.07, 6.45) is 2.03. The van der Waals surface area contributed by atoms with Crippen molar-refractivity contribution in [2.45, 2.75) is 44.8 Å². The highest BCUT2D eigenvalue weighted by Gasteiger charge is 2.32. The van der Waals surface area contributed by atoms with Gasteiger partial charge in [-0.05, 0) is 50.1 Å². The van der Waals surface area contributed by atoms with E-state index in [4.69, 9.17) is 6.57 Å². The summed E-state index contributed by atoms with van der Waals surface area (Å²) in [5, 5.41) is 2.90. The zero-order valence-electron chi connectivity index (χ0n) is 20.4. The van der Waals surface area contributed by atoms with Gasteiger partial charge in [0.1, 0.15) is 5.69 Å². The molecule has 4 aromatic rings. The van der Waals surface area contributed by atoms with Gasteiger partial charge in [0.05, 0.1) is 23.5 Å². The van der Waals surface area contributed by atoms with E-state index in [1.165, 1.54) is 18.3 Å². The van der Waals surface area contributed by atoms with Crippen LogP contribution in [0, 0.1) is 13.5 Å². The van der Waals surface area contributed by atoms with Crippen LogP contribution >= 0.6 is 0 Å². The zero-order valence-corrected chi connectivity index (χ0v) is 20.4. The molecular formula is C27H23F3N6O2. The number of nitrogens with one attached hydrogen (secondary N) is 1. The van der Waals surface area contributed by atoms with Crippen molar-refractivity contribution in [3.63, 3.8) is 0 Å². The number of carbonyl (C=O) groups is 1. The summed E-state index contributed by atoms with van der Waals surface area (Å²) in [7, 11) is 0. The van der Waals surface area contributed by atoms with E-state index in [1.807, 2.05) is 0 Å². The Morgan fingerprint density at radius 1 is 1.11 bits per heavy atom. The van der Waals surface area contributed by atoms with Crippen LogP contribution in [0.3, 0.4) is 0 Å². The average molecular weight is 521 g/mol. The van der Waals surface area contributed by atoms with E-state index in [9.17, 15) is 22.8 Å². The van der Waals surface area contributed by atoms with Gasteiger partial charge in [0.25, 0.3) is 0 Å². The van der Waals surface area contributed by atoms with Crippen LogP contribution in [-0.4, -0.2) is 30.8 Å². The molecule has 0 aliphatic heterocycles. The zero-order chi connectivity index (χ0) is 27.0. The number of aromatic nitrogens is 4. The molecule has 1 N–H and O–H groups in total. The number of rotatable bonds is 4. The van der Waals surface area contributed by atoms with Crippen LogP contribution < -0.4 is 11.0 Å². The molecular weight excluding hydrogens is 497 g/mol. The van der Waals surface area contributed by atoms with Crippen LogP contribution in [0.25, 0.3) is 27.7 Å². The number of carbonyl (C=O) groups excluding carboxylic acids is 1. The predicted molar refractivity (Wildman–Crippen MR) is 135 cm³/mol. The fraction of sp³-hybridized carbons (Fsp3) is 0.259. The van der Waals surface area contributed by atoms with Gasteiger partial charge in [0, 0.05) is 24.1 Å². The first-order valence-corrected chi connectivity index (χ1v) is 12.0. The third-order valence-electron chi connectivity index (χ3n) is 6.71. The third kappa shape index (κ3) is 4.49. The molecule has 0 atom stereocenters. The van der Waals surface area contributed by atoms with E-state index < -0.39 is 23.5 Å². The van der Waals surface area contributed by atoms with Crippen LogP contribution in [-0.2, 0) is 6.18 Å². The molecule has 0 spiro atoms. The molecule has 0 radical (unpaired) electrons. The molecule has 0 saturated heterocycles. The minimum Gasteiger partial charge on any atom is -0.335 e. The second-order valence-corrected chi connectivity index (χ2v) is 9.12. The Bertz CT molecular complexity index is 1600. The number of imidazole rings is 2. The molecule has 2 heterocycles. The third-order valence-corrected chi connectivity index (χ3v) is 6.71. The largest absolute Gasteiger partial charge is 0.416 e. The van der Waals surface area contributed by atoms with Crippen molar-refractivity contribution >= 4 is 11.7 Å². The van der Waals surface area contributed by atoms with Gasteiger partial charge in [-0.15, -0.1) is 0 Å². The molecule has 2 aromatic heterocycles. The average Bonchev–Trinajstić information content (AvgIpc) is 3.63. The SMILES string of the molecule is [C-]#[N+]c1ccc(-n2ccnc2-c2c(C)n(-c3cccc(C(F)(F)F)c3)c(=O)n2C(=O)NC2CCCC2)cc1. The van der Waals surface area contributed by atoms with Crippen molar-refractivity contribution in [2.75, 3.05) is 0 Å². The van der Waals surface area contributed by atoms with E-state index in [0.29, 0.717) is 11.4 Å². The van der Waals surface area contributed by atoms with Crippen LogP contribution in [0.1, 0.15) is 36.9 Å². The summed E-state index contributed by atoms with van der Waals surface area (Å²) >= 11 is 0. The van der Waals surface area contributed by atoms with Crippen molar-refractivity contribution in [1.82, 2.24) is 24.0 Å². The highest BCUT2D eigenvalue weighted by Crippen LogP contribution is 2.32. The van der Waals surface area contributed by atoms with E-state index in [0.717, 1.165) is 47.0 Å². The van der Waals surface area contributed by atoms with Gasteiger partial charge in [-0.3, -0.25) is 9.13 Å². The number of nitrogens with zero attached hydrogens (tertiary/aromatic N) is 5. The van der Waals surface area contributed by atoms with Crippen molar-refractivity contribution in [1.29, 1.82) is 0 Å². The topological polar surface area (TPSA) is 78.2 Å². The molecule has 8 nitrogen and oxygen atoms in total. The lowest BCUT2D eigenvalue weighted by Gasteiger charge is -2.14. The minimum absolute atomic E-state index is 0.0180. The summed E-state index contributed by atoms with van der Waals surface area (Å²) in [6.45, 7) is 8.74. The lowest BCUT2D eigenvalue weighted by molar-refractivity contribution is -0.137. The lowest BCUT2D eigenvalue weighted by Crippen LogP contribution is -2.41. The van der Waals surface area contributed by atoms with Gasteiger partial charge < -0.3 is 5.32 Å². The smallest absolute Gasteiger partial charge is 0.335 e. The molecule has 1 amide bonds. The van der Waals surface area contributed by atoms with E-state index in [-0.39, 0.29) is 28.9 Å². The normalized spacial score (nSPS) is 14.0. The maximum Gasteiger partial charge on any atom is 0.416 e. The first-order chi connectivity index (χ1) is 18.2. The van der Waals surface area contributed by atoms with Crippen molar-refractivity contribution in [3.05, 3.63) is 94.1 Å². The molecule has 1 aliphatic rings. The Kier molecular flexibility index (Phi) is 6.40. The molecule has 0 bridgehead atoms. The quantitative estimate of drug-likeness (QED) is 0.342. The Morgan fingerprint density at radius 3 is 2.47 bits per heavy atom. The molecule has 2 aromatic carbocycles. The number of amides is 1. The van der Waals surface area contributed by atoms with E-state index >= 15 is 0 Å². The summed E-state index contributed by atoms with van der Waals surface area (Å²) in [6, 6.07) is 10.3. The van der Waals surface area contributed by atoms with Crippen LogP contribution in [0.15, 0.2) is 65.7 Å². The van der Waals surface area contributed by atoms with Gasteiger partial charge in [0.2, 0.25) is 0 Å². The van der Waals surface area contributed by atoms with Gasteiger partial charge in [-0.2, -0.15) is 13.2 Å².